The monoisotopic (exact) mass is 213 g/mol. The SMILES string of the molecule is COC(=O)C1=C(O)CCN(CC(C)C)C1. The van der Waals surface area contributed by atoms with Crippen LogP contribution in [0.4, 0.5) is 0 Å². The summed E-state index contributed by atoms with van der Waals surface area (Å²) >= 11 is 0. The zero-order chi connectivity index (χ0) is 11.4. The number of carbonyl (C=O) groups is 1. The van der Waals surface area contributed by atoms with Gasteiger partial charge in [0.1, 0.15) is 5.76 Å². The zero-order valence-electron chi connectivity index (χ0n) is 9.62. The standard InChI is InChI=1S/C11H19NO3/c1-8(2)6-12-5-4-10(13)9(7-12)11(14)15-3/h8,13H,4-7H2,1-3H3. The summed E-state index contributed by atoms with van der Waals surface area (Å²) in [6.45, 7) is 6.51. The minimum atomic E-state index is -0.416. The van der Waals surface area contributed by atoms with Gasteiger partial charge in [-0.15, -0.1) is 0 Å². The van der Waals surface area contributed by atoms with Crippen molar-refractivity contribution in [3.63, 3.8) is 0 Å². The fourth-order valence-electron chi connectivity index (χ4n) is 1.79. The molecular weight excluding hydrogens is 194 g/mol. The predicted molar refractivity (Wildman–Crippen MR) is 57.6 cm³/mol. The molecule has 0 unspecified atom stereocenters. The molecule has 0 saturated heterocycles. The van der Waals surface area contributed by atoms with Crippen molar-refractivity contribution in [3.05, 3.63) is 11.3 Å². The first-order valence-electron chi connectivity index (χ1n) is 5.26. The number of esters is 1. The van der Waals surface area contributed by atoms with Gasteiger partial charge in [0.05, 0.1) is 12.7 Å². The van der Waals surface area contributed by atoms with Gasteiger partial charge in [0.25, 0.3) is 0 Å². The maximum absolute atomic E-state index is 11.3. The number of methoxy groups -OCH3 is 1. The molecule has 4 nitrogen and oxygen atoms in total. The average Bonchev–Trinajstić information content (AvgIpc) is 2.19. The lowest BCUT2D eigenvalue weighted by Crippen LogP contribution is -2.36. The molecule has 0 aliphatic carbocycles. The van der Waals surface area contributed by atoms with E-state index in [0.717, 1.165) is 13.1 Å². The maximum atomic E-state index is 11.3. The first kappa shape index (κ1) is 12.0. The van der Waals surface area contributed by atoms with Crippen LogP contribution < -0.4 is 0 Å². The van der Waals surface area contributed by atoms with Crippen molar-refractivity contribution < 1.29 is 14.6 Å². The molecule has 4 heteroatoms. The Kier molecular flexibility index (Phi) is 4.15. The van der Waals surface area contributed by atoms with Crippen molar-refractivity contribution in [2.24, 2.45) is 5.92 Å². The van der Waals surface area contributed by atoms with Crippen LogP contribution in [0.15, 0.2) is 11.3 Å². The Morgan fingerprint density at radius 1 is 1.60 bits per heavy atom. The van der Waals surface area contributed by atoms with E-state index >= 15 is 0 Å². The minimum absolute atomic E-state index is 0.182. The molecule has 1 N–H and O–H groups in total. The van der Waals surface area contributed by atoms with E-state index in [4.69, 9.17) is 0 Å². The molecule has 0 radical (unpaired) electrons. The van der Waals surface area contributed by atoms with Gasteiger partial charge in [0.15, 0.2) is 0 Å². The summed E-state index contributed by atoms with van der Waals surface area (Å²) in [6, 6.07) is 0. The average molecular weight is 213 g/mol. The van der Waals surface area contributed by atoms with Gasteiger partial charge in [-0.1, -0.05) is 13.8 Å². The van der Waals surface area contributed by atoms with Gasteiger partial charge in [0.2, 0.25) is 0 Å². The highest BCUT2D eigenvalue weighted by atomic mass is 16.5. The molecule has 0 amide bonds. The number of rotatable bonds is 3. The van der Waals surface area contributed by atoms with E-state index in [9.17, 15) is 9.90 Å². The Hall–Kier alpha value is -1.03. The van der Waals surface area contributed by atoms with Crippen LogP contribution in [-0.4, -0.2) is 42.7 Å². The highest BCUT2D eigenvalue weighted by Crippen LogP contribution is 2.17. The normalized spacial score (nSPS) is 18.4. The molecule has 0 spiro atoms. The molecule has 1 aliphatic heterocycles. The molecule has 0 aromatic carbocycles. The molecule has 1 rings (SSSR count). The van der Waals surface area contributed by atoms with Crippen molar-refractivity contribution in [2.45, 2.75) is 20.3 Å². The van der Waals surface area contributed by atoms with E-state index in [2.05, 4.69) is 23.5 Å². The Bertz CT molecular complexity index is 271. The second-order valence-electron chi connectivity index (χ2n) is 4.30. The fourth-order valence-corrected chi connectivity index (χ4v) is 1.79. The first-order chi connectivity index (χ1) is 7.04. The second-order valence-corrected chi connectivity index (χ2v) is 4.30. The lowest BCUT2D eigenvalue weighted by atomic mass is 10.1. The van der Waals surface area contributed by atoms with Gasteiger partial charge < -0.3 is 9.84 Å². The largest absolute Gasteiger partial charge is 0.512 e. The third-order valence-electron chi connectivity index (χ3n) is 2.45. The molecule has 0 aromatic heterocycles. The molecule has 0 bridgehead atoms. The summed E-state index contributed by atoms with van der Waals surface area (Å²) in [5, 5.41) is 9.57. The van der Waals surface area contributed by atoms with E-state index in [-0.39, 0.29) is 5.76 Å². The lowest BCUT2D eigenvalue weighted by Gasteiger charge is -2.28. The van der Waals surface area contributed by atoms with Gasteiger partial charge in [-0.2, -0.15) is 0 Å². The van der Waals surface area contributed by atoms with Crippen LogP contribution in [0.2, 0.25) is 0 Å². The van der Waals surface area contributed by atoms with Crippen LogP contribution in [0.1, 0.15) is 20.3 Å². The van der Waals surface area contributed by atoms with E-state index in [1.807, 2.05) is 0 Å². The third kappa shape index (κ3) is 3.23. The number of nitrogens with zero attached hydrogens (tertiary/aromatic N) is 1. The summed E-state index contributed by atoms with van der Waals surface area (Å²) in [5.74, 6) is 0.326. The van der Waals surface area contributed by atoms with E-state index in [1.165, 1.54) is 7.11 Å². The van der Waals surface area contributed by atoms with Crippen LogP contribution in [0.3, 0.4) is 0 Å². The van der Waals surface area contributed by atoms with E-state index in [0.29, 0.717) is 24.5 Å². The Labute approximate surface area is 90.5 Å². The summed E-state index contributed by atoms with van der Waals surface area (Å²) in [7, 11) is 1.34. The van der Waals surface area contributed by atoms with Gasteiger partial charge in [-0.25, -0.2) is 4.79 Å². The van der Waals surface area contributed by atoms with Gasteiger partial charge in [0, 0.05) is 26.1 Å². The van der Waals surface area contributed by atoms with Crippen LogP contribution in [0, 0.1) is 5.92 Å². The summed E-state index contributed by atoms with van der Waals surface area (Å²) in [4.78, 5) is 13.5. The van der Waals surface area contributed by atoms with Crippen LogP contribution in [0.5, 0.6) is 0 Å². The van der Waals surface area contributed by atoms with Crippen LogP contribution in [0.25, 0.3) is 0 Å². The maximum Gasteiger partial charge on any atom is 0.338 e. The molecule has 0 aromatic rings. The molecule has 86 valence electrons. The van der Waals surface area contributed by atoms with Gasteiger partial charge in [-0.3, -0.25) is 4.90 Å². The van der Waals surface area contributed by atoms with Crippen molar-refractivity contribution in [3.8, 4) is 0 Å². The quantitative estimate of drug-likeness (QED) is 0.719. The number of hydrogen-bond acceptors (Lipinski definition) is 4. The Balaban J connectivity index is 2.65. The third-order valence-corrected chi connectivity index (χ3v) is 2.45. The Morgan fingerprint density at radius 2 is 2.27 bits per heavy atom. The summed E-state index contributed by atoms with van der Waals surface area (Å²) in [5.41, 5.74) is 0.407. The van der Waals surface area contributed by atoms with E-state index in [1.54, 1.807) is 0 Å². The van der Waals surface area contributed by atoms with Gasteiger partial charge in [-0.05, 0) is 5.92 Å². The topological polar surface area (TPSA) is 49.8 Å². The number of aliphatic hydroxyl groups excluding tert-OH is 1. The van der Waals surface area contributed by atoms with Crippen LogP contribution >= 0.6 is 0 Å². The van der Waals surface area contributed by atoms with Crippen molar-refractivity contribution in [1.29, 1.82) is 0 Å². The number of hydrogen-bond donors (Lipinski definition) is 1. The summed E-state index contributed by atoms with van der Waals surface area (Å²) in [6.07, 6.45) is 0.539. The highest BCUT2D eigenvalue weighted by molar-refractivity contribution is 5.89. The molecule has 15 heavy (non-hydrogen) atoms. The highest BCUT2D eigenvalue weighted by Gasteiger charge is 2.24. The predicted octanol–water partition coefficient (Wildman–Crippen LogP) is 1.33. The number of ether oxygens (including phenoxy) is 1. The number of carbonyl (C=O) groups excluding carboxylic acids is 1. The van der Waals surface area contributed by atoms with E-state index < -0.39 is 5.97 Å². The fraction of sp³-hybridized carbons (Fsp3) is 0.727. The van der Waals surface area contributed by atoms with Crippen LogP contribution in [-0.2, 0) is 9.53 Å². The molecule has 1 aliphatic rings. The zero-order valence-corrected chi connectivity index (χ0v) is 9.62. The van der Waals surface area contributed by atoms with Crippen molar-refractivity contribution in [1.82, 2.24) is 4.90 Å². The molecule has 0 fully saturated rings. The minimum Gasteiger partial charge on any atom is -0.512 e. The molecule has 1 heterocycles. The smallest absolute Gasteiger partial charge is 0.338 e. The lowest BCUT2D eigenvalue weighted by molar-refractivity contribution is -0.136. The van der Waals surface area contributed by atoms with Crippen molar-refractivity contribution >= 4 is 5.97 Å². The Morgan fingerprint density at radius 3 is 2.80 bits per heavy atom. The second kappa shape index (κ2) is 5.16. The van der Waals surface area contributed by atoms with Crippen molar-refractivity contribution in [2.75, 3.05) is 26.7 Å². The number of aliphatic hydroxyl groups is 1. The molecule has 0 atom stereocenters. The summed E-state index contributed by atoms with van der Waals surface area (Å²) < 4.78 is 4.63. The van der Waals surface area contributed by atoms with Gasteiger partial charge >= 0.3 is 5.97 Å². The first-order valence-corrected chi connectivity index (χ1v) is 5.26. The molecular formula is C11H19NO3. The molecule has 0 saturated carbocycles.